The Hall–Kier alpha value is -13.5. The highest BCUT2D eigenvalue weighted by Crippen LogP contribution is 2.52. The molecule has 0 unspecified atom stereocenters. The number of likely N-dealkylation sites (N-methyl/N-ethyl adjacent to an activating group) is 2. The molecule has 20 rings (SSSR count). The van der Waals surface area contributed by atoms with Gasteiger partial charge in [0.25, 0.3) is 0 Å². The van der Waals surface area contributed by atoms with E-state index in [0.717, 1.165) is 82.4 Å². The molecule has 0 aliphatic carbocycles. The first kappa shape index (κ1) is 97.6. The van der Waals surface area contributed by atoms with Gasteiger partial charge >= 0.3 is 0 Å². The van der Waals surface area contributed by atoms with Crippen LogP contribution in [0.5, 0.6) is 23.0 Å². The fraction of sp³-hybridized carbons (Fsp3) is 0.260. The Morgan fingerprint density at radius 2 is 0.703 bits per heavy atom. The van der Waals surface area contributed by atoms with Crippen LogP contribution in [0.4, 0.5) is 63.7 Å². The van der Waals surface area contributed by atoms with Gasteiger partial charge in [0.05, 0.1) is 87.4 Å². The third-order valence-corrected chi connectivity index (χ3v) is 27.6. The number of hydrogen-bond acceptors (Lipinski definition) is 21. The van der Waals surface area contributed by atoms with Crippen LogP contribution in [0.3, 0.4) is 0 Å². The molecule has 8 aromatic carbocycles. The van der Waals surface area contributed by atoms with Crippen molar-refractivity contribution in [3.63, 3.8) is 0 Å². The van der Waals surface area contributed by atoms with E-state index >= 15 is 17.6 Å². The number of aromatic hydroxyl groups is 4. The summed E-state index contributed by atoms with van der Waals surface area (Å²) in [5.41, 5.74) is 7.01. The van der Waals surface area contributed by atoms with Crippen LogP contribution in [-0.4, -0.2) is 236 Å². The molecule has 5 amide bonds. The molecule has 4 fully saturated rings. The number of carbonyl (C=O) groups excluding carboxylic acids is 5. The second kappa shape index (κ2) is 40.3. The number of pyridine rings is 4. The standard InChI is InChI=1S/2C26H25ClF2N4O2.C24H19ClF2N4O3.C23H17ClF2N4O2S.CH4/c1-3-21(35)32-9-11-33(12-10-32)26-15-13-17(27)22(23-18(28)5-4-6-20(23)34)24(29)25(15)30-19-7-8-31(2)14-16(19)26;1-3-21(35)32-9-11-33(12-10-32)26-15-7-8-31(2)14-19(15)30-25-16(26)13-17(27)22(24(25)29)23-18(28)5-4-6-20(23)34;1-2-18(34)30-6-8-31(9-7-30)23-12-10-14(25)19(20-15(26)4-3-5-16(20)32)21(27)22(12)29-24-13(23)11-17(33)28-24;1-2-16(32)29-6-8-30(9-7-29)21-12-10-13(24)17(18-14(25)4-3-5-15(18)31)19(26)20(12)28-23-22(21)33-11-27-23;/h2*3-6,13,34H,1,7-12,14H2,2H3;2-5,10,32H,1,6-9,11H2,(H,28,29,33);2-5,10-11,31H,1,6-9H2;1H4. The third-order valence-electron chi connectivity index (χ3n) is 25.5. The normalized spacial score (nSPS) is 15.6. The number of amides is 5. The summed E-state index contributed by atoms with van der Waals surface area (Å²) in [5, 5.41) is 45.4. The third kappa shape index (κ3) is 18.3. The quantitative estimate of drug-likeness (QED) is 0.0561. The molecule has 0 atom stereocenters. The number of piperazine rings is 4. The van der Waals surface area contributed by atoms with E-state index in [4.69, 9.17) is 46.4 Å². The zero-order valence-electron chi connectivity index (χ0n) is 73.7. The number of benzene rings is 8. The molecule has 138 heavy (non-hydrogen) atoms. The summed E-state index contributed by atoms with van der Waals surface area (Å²) < 4.78 is 123. The van der Waals surface area contributed by atoms with Crippen LogP contribution in [0.1, 0.15) is 35.5 Å². The molecule has 7 aliphatic rings. The molecule has 4 saturated heterocycles. The van der Waals surface area contributed by atoms with Crippen molar-refractivity contribution >= 4 is 170 Å². The summed E-state index contributed by atoms with van der Waals surface area (Å²) in [6.45, 7) is 25.0. The number of nitrogens with zero attached hydrogens (tertiary/aromatic N) is 15. The Morgan fingerprint density at radius 1 is 0.391 bits per heavy atom. The molecule has 5 aromatic heterocycles. The van der Waals surface area contributed by atoms with Gasteiger partial charge in [0.2, 0.25) is 29.5 Å². The molecule has 714 valence electrons. The molecule has 0 saturated carbocycles. The fourth-order valence-electron chi connectivity index (χ4n) is 18.9. The van der Waals surface area contributed by atoms with Crippen molar-refractivity contribution < 1.29 is 79.5 Å². The van der Waals surface area contributed by atoms with Crippen LogP contribution in [0.2, 0.25) is 20.1 Å². The van der Waals surface area contributed by atoms with Crippen LogP contribution < -0.4 is 24.9 Å². The number of phenols is 4. The van der Waals surface area contributed by atoms with Crippen LogP contribution >= 0.6 is 57.7 Å². The van der Waals surface area contributed by atoms with Gasteiger partial charge in [0.15, 0.2) is 28.9 Å². The number of thiazole rings is 1. The van der Waals surface area contributed by atoms with Crippen molar-refractivity contribution in [3.05, 3.63) is 248 Å². The second-order valence-corrected chi connectivity index (χ2v) is 36.1. The number of aromatic nitrogens is 5. The van der Waals surface area contributed by atoms with Crippen LogP contribution in [0.25, 0.3) is 98.5 Å². The van der Waals surface area contributed by atoms with Gasteiger partial charge in [0, 0.05) is 203 Å². The highest BCUT2D eigenvalue weighted by Gasteiger charge is 2.38. The number of carbonyl (C=O) groups is 5. The SMILES string of the molecule is C.C=CC(=O)N1CCN(c2c3c(nc4c(F)c(-c5c(O)cccc5F)c(Cl)cc24)CCN(C)C3)CC1.C=CC(=O)N1CCN(c2c3c(nc4c(F)c(-c5c(O)cccc5F)c(Cl)cc24)CN(C)CC3)CC1.C=CC(=O)N1CCN(c2c3c(nc4c(F)c(-c5c(O)cccc5F)c(Cl)cc24)NC(=O)C3)CC1.C=CC(=O)N1CCN(c2c3cc(Cl)c(-c4c(O)cccc4F)c(F)c3nc3ncsc23)CC1. The summed E-state index contributed by atoms with van der Waals surface area (Å²) in [5.74, 6) is -8.74. The number of anilines is 5. The van der Waals surface area contributed by atoms with E-state index in [2.05, 4.69) is 76.2 Å². The maximum absolute atomic E-state index is 16.1. The molecular formula is C100H90Cl4F8N16O9S. The molecular weight excluding hydrogens is 1900 g/mol. The van der Waals surface area contributed by atoms with E-state index < -0.39 is 69.5 Å². The van der Waals surface area contributed by atoms with E-state index in [1.807, 2.05) is 23.9 Å². The van der Waals surface area contributed by atoms with E-state index in [0.29, 0.717) is 168 Å². The van der Waals surface area contributed by atoms with Gasteiger partial charge in [-0.15, -0.1) is 11.3 Å². The van der Waals surface area contributed by atoms with E-state index in [1.165, 1.54) is 90.2 Å². The maximum Gasteiger partial charge on any atom is 0.246 e. The van der Waals surface area contributed by atoms with Crippen molar-refractivity contribution in [3.8, 4) is 67.5 Å². The molecule has 12 heterocycles. The molecule has 38 heteroatoms. The fourth-order valence-corrected chi connectivity index (χ4v) is 20.9. The summed E-state index contributed by atoms with van der Waals surface area (Å²) in [6.07, 6.45) is 6.61. The average molecular weight is 1990 g/mol. The van der Waals surface area contributed by atoms with Gasteiger partial charge in [-0.3, -0.25) is 24.0 Å². The molecule has 13 aromatic rings. The number of fused-ring (bicyclic) bond motifs is 8. The molecule has 0 spiro atoms. The van der Waals surface area contributed by atoms with Crippen molar-refractivity contribution in [2.24, 2.45) is 0 Å². The van der Waals surface area contributed by atoms with Crippen molar-refractivity contribution in [2.45, 2.75) is 39.8 Å². The largest absolute Gasteiger partial charge is 0.507 e. The van der Waals surface area contributed by atoms with Crippen molar-refractivity contribution in [1.29, 1.82) is 0 Å². The lowest BCUT2D eigenvalue weighted by Gasteiger charge is -2.39. The Labute approximate surface area is 810 Å². The summed E-state index contributed by atoms with van der Waals surface area (Å²) in [7, 11) is 4.00. The number of phenolic OH excluding ortho intramolecular Hbond substituents is 4. The minimum atomic E-state index is -0.909. The monoisotopic (exact) mass is 1980 g/mol. The topological polar surface area (TPSA) is 275 Å². The van der Waals surface area contributed by atoms with Crippen LogP contribution in [-0.2, 0) is 56.3 Å². The average Bonchev–Trinajstić information content (AvgIpc) is 0.811. The van der Waals surface area contributed by atoms with Gasteiger partial charge < -0.3 is 74.7 Å². The molecule has 5 N–H and O–H groups in total. The number of nitrogens with one attached hydrogen (secondary N) is 1. The Morgan fingerprint density at radius 3 is 1.07 bits per heavy atom. The van der Waals surface area contributed by atoms with Crippen molar-refractivity contribution in [1.82, 2.24) is 54.3 Å². The number of rotatable bonds is 12. The first-order valence-corrected chi connectivity index (χ1v) is 46.0. The smallest absolute Gasteiger partial charge is 0.246 e. The Balaban J connectivity index is 0.000000133. The molecule has 0 radical (unpaired) electrons. The van der Waals surface area contributed by atoms with E-state index in [9.17, 15) is 62.0 Å². The minimum absolute atomic E-state index is 0. The molecule has 0 bridgehead atoms. The number of hydrogen-bond donors (Lipinski definition) is 5. The lowest BCUT2D eigenvalue weighted by Crippen LogP contribution is -2.49. The summed E-state index contributed by atoms with van der Waals surface area (Å²) in [4.78, 5) is 102. The van der Waals surface area contributed by atoms with Gasteiger partial charge in [-0.1, -0.05) is 104 Å². The van der Waals surface area contributed by atoms with Crippen LogP contribution in [0, 0.1) is 46.5 Å². The van der Waals surface area contributed by atoms with E-state index in [1.54, 1.807) is 43.3 Å². The highest BCUT2D eigenvalue weighted by molar-refractivity contribution is 7.17. The zero-order chi connectivity index (χ0) is 97.1. The highest BCUT2D eigenvalue weighted by atomic mass is 35.5. The van der Waals surface area contributed by atoms with Gasteiger partial charge in [-0.2, -0.15) is 0 Å². The number of halogens is 12. The maximum atomic E-state index is 16.1. The van der Waals surface area contributed by atoms with Crippen molar-refractivity contribution in [2.75, 3.05) is 157 Å². The lowest BCUT2D eigenvalue weighted by atomic mass is 9.95. The van der Waals surface area contributed by atoms with Gasteiger partial charge in [-0.05, 0) is 118 Å². The molecule has 7 aliphatic heterocycles. The molecule has 25 nitrogen and oxygen atoms in total. The predicted octanol–water partition coefficient (Wildman–Crippen LogP) is 18.2. The predicted molar refractivity (Wildman–Crippen MR) is 523 cm³/mol. The van der Waals surface area contributed by atoms with Gasteiger partial charge in [-0.25, -0.2) is 60.0 Å². The first-order valence-electron chi connectivity index (χ1n) is 43.6. The van der Waals surface area contributed by atoms with E-state index in [-0.39, 0.29) is 136 Å². The Kier molecular flexibility index (Phi) is 28.5. The summed E-state index contributed by atoms with van der Waals surface area (Å²) >= 11 is 27.4. The first-order chi connectivity index (χ1) is 65.8. The summed E-state index contributed by atoms with van der Waals surface area (Å²) in [6, 6.07) is 21.2. The second-order valence-electron chi connectivity index (χ2n) is 33.6. The minimum Gasteiger partial charge on any atom is -0.507 e. The van der Waals surface area contributed by atoms with Gasteiger partial charge in [0.1, 0.15) is 74.2 Å². The Bertz CT molecular complexity index is 7140. The lowest BCUT2D eigenvalue weighted by molar-refractivity contribution is -0.127. The zero-order valence-corrected chi connectivity index (χ0v) is 77.5. The van der Waals surface area contributed by atoms with Crippen LogP contribution in [0.15, 0.2) is 153 Å².